The molecular formula is C27H22O15. The summed E-state index contributed by atoms with van der Waals surface area (Å²) in [4.78, 5) is 26.4. The number of esters is 1. The summed E-state index contributed by atoms with van der Waals surface area (Å²) in [6.45, 7) is -0.561. The highest BCUT2D eigenvalue weighted by atomic mass is 16.7. The summed E-state index contributed by atoms with van der Waals surface area (Å²) < 4.78 is 22.1. The van der Waals surface area contributed by atoms with E-state index in [9.17, 15) is 55.5 Å². The van der Waals surface area contributed by atoms with Crippen LogP contribution in [0, 0.1) is 0 Å². The number of carbonyl (C=O) groups excluding carboxylic acids is 1. The number of benzene rings is 3. The molecule has 42 heavy (non-hydrogen) atoms. The summed E-state index contributed by atoms with van der Waals surface area (Å²) in [6, 6.07) is 6.71. The first-order chi connectivity index (χ1) is 19.8. The van der Waals surface area contributed by atoms with Crippen LogP contribution in [-0.2, 0) is 9.47 Å². The first-order valence-corrected chi connectivity index (χ1v) is 12.0. The lowest BCUT2D eigenvalue weighted by Gasteiger charge is -2.37. The second-order valence-corrected chi connectivity index (χ2v) is 9.24. The van der Waals surface area contributed by atoms with Gasteiger partial charge in [-0.1, -0.05) is 0 Å². The molecular weight excluding hydrogens is 564 g/mol. The van der Waals surface area contributed by atoms with E-state index in [1.807, 2.05) is 0 Å². The largest absolute Gasteiger partial charge is 0.508 e. The Morgan fingerprint density at radius 2 is 1.52 bits per heavy atom. The summed E-state index contributed by atoms with van der Waals surface area (Å²) in [5.41, 5.74) is -1.85. The third-order valence-electron chi connectivity index (χ3n) is 6.37. The summed E-state index contributed by atoms with van der Waals surface area (Å²) in [5, 5.41) is 89.4. The average molecular weight is 586 g/mol. The minimum atomic E-state index is -1.86. The van der Waals surface area contributed by atoms with Crippen LogP contribution in [0.25, 0.3) is 22.3 Å². The van der Waals surface area contributed by atoms with Gasteiger partial charge in [-0.3, -0.25) is 4.79 Å². The van der Waals surface area contributed by atoms with E-state index < -0.39 is 105 Å². The van der Waals surface area contributed by atoms with Crippen molar-refractivity contribution in [2.75, 3.05) is 6.61 Å². The molecule has 220 valence electrons. The number of phenolic OH excluding ortho intramolecular Hbond substituents is 7. The van der Waals surface area contributed by atoms with E-state index in [0.29, 0.717) is 0 Å². The van der Waals surface area contributed by atoms with Crippen molar-refractivity contribution in [3.8, 4) is 57.3 Å². The number of hydrogen-bond acceptors (Lipinski definition) is 15. The van der Waals surface area contributed by atoms with Crippen molar-refractivity contribution in [2.45, 2.75) is 24.6 Å². The van der Waals surface area contributed by atoms with Crippen LogP contribution in [0.5, 0.6) is 46.0 Å². The molecule has 0 aliphatic carbocycles. The maximum Gasteiger partial charge on any atom is 0.339 e. The molecule has 5 rings (SSSR count). The fourth-order valence-corrected chi connectivity index (χ4v) is 4.25. The van der Waals surface area contributed by atoms with Gasteiger partial charge in [0.2, 0.25) is 17.5 Å². The van der Waals surface area contributed by atoms with Crippen LogP contribution in [0.15, 0.2) is 51.7 Å². The number of fused-ring (bicyclic) bond motifs is 1. The van der Waals surface area contributed by atoms with Gasteiger partial charge in [-0.15, -0.1) is 0 Å². The SMILES string of the molecule is O=C(O[C@H]1[C@H](Oc2c(-c3ccc(O)c(O)c3)oc3cc(O)cc(O)c3c2=O)OC[C@@H](O)[C@H]1O)c1cc(O)c(O)c(O)c1. The molecule has 2 heterocycles. The Morgan fingerprint density at radius 1 is 0.833 bits per heavy atom. The maximum absolute atomic E-state index is 13.6. The molecule has 0 saturated carbocycles. The number of carbonyl (C=O) groups is 1. The Morgan fingerprint density at radius 3 is 2.19 bits per heavy atom. The molecule has 3 aromatic carbocycles. The molecule has 0 spiro atoms. The third-order valence-corrected chi connectivity index (χ3v) is 6.37. The van der Waals surface area contributed by atoms with Crippen LogP contribution >= 0.6 is 0 Å². The van der Waals surface area contributed by atoms with Gasteiger partial charge in [0.15, 0.2) is 40.6 Å². The zero-order valence-corrected chi connectivity index (χ0v) is 21.0. The highest BCUT2D eigenvalue weighted by Crippen LogP contribution is 2.40. The van der Waals surface area contributed by atoms with E-state index in [0.717, 1.165) is 36.4 Å². The molecule has 15 heteroatoms. The van der Waals surface area contributed by atoms with Gasteiger partial charge in [-0.25, -0.2) is 4.79 Å². The van der Waals surface area contributed by atoms with Gasteiger partial charge in [0.1, 0.15) is 34.7 Å². The smallest absolute Gasteiger partial charge is 0.339 e. The van der Waals surface area contributed by atoms with Gasteiger partial charge in [0.05, 0.1) is 12.2 Å². The molecule has 0 radical (unpaired) electrons. The molecule has 1 aliphatic rings. The third kappa shape index (κ3) is 4.98. The van der Waals surface area contributed by atoms with Crippen LogP contribution in [0.2, 0.25) is 0 Å². The Hall–Kier alpha value is -5.38. The lowest BCUT2D eigenvalue weighted by Crippen LogP contribution is -2.56. The number of ether oxygens (including phenoxy) is 3. The van der Waals surface area contributed by atoms with Crippen molar-refractivity contribution in [3.05, 3.63) is 58.3 Å². The summed E-state index contributed by atoms with van der Waals surface area (Å²) in [5.74, 6) is -7.28. The normalized spacial score (nSPS) is 20.3. The van der Waals surface area contributed by atoms with E-state index in [2.05, 4.69) is 0 Å². The first kappa shape index (κ1) is 28.2. The van der Waals surface area contributed by atoms with Gasteiger partial charge in [0, 0.05) is 17.7 Å². The molecule has 4 aromatic rings. The van der Waals surface area contributed by atoms with Crippen LogP contribution in [0.3, 0.4) is 0 Å². The van der Waals surface area contributed by atoms with Gasteiger partial charge < -0.3 is 64.6 Å². The zero-order chi connectivity index (χ0) is 30.5. The van der Waals surface area contributed by atoms with Crippen molar-refractivity contribution in [1.29, 1.82) is 0 Å². The number of hydrogen-bond donors (Lipinski definition) is 9. The van der Waals surface area contributed by atoms with E-state index in [4.69, 9.17) is 18.6 Å². The van der Waals surface area contributed by atoms with E-state index >= 15 is 0 Å². The van der Waals surface area contributed by atoms with E-state index in [1.165, 1.54) is 6.07 Å². The Balaban J connectivity index is 1.60. The summed E-state index contributed by atoms with van der Waals surface area (Å²) in [6.07, 6.45) is -7.14. The molecule has 1 saturated heterocycles. The molecule has 1 fully saturated rings. The molecule has 0 amide bonds. The molecule has 4 atom stereocenters. The Labute approximate surface area is 233 Å². The molecule has 9 N–H and O–H groups in total. The molecule has 0 unspecified atom stereocenters. The fraction of sp³-hybridized carbons (Fsp3) is 0.185. The molecule has 1 aromatic heterocycles. The number of rotatable bonds is 5. The quantitative estimate of drug-likeness (QED) is 0.117. The van der Waals surface area contributed by atoms with Gasteiger partial charge >= 0.3 is 5.97 Å². The second kappa shape index (κ2) is 10.5. The van der Waals surface area contributed by atoms with Crippen LogP contribution in [0.4, 0.5) is 0 Å². The Bertz CT molecular complexity index is 1740. The maximum atomic E-state index is 13.6. The number of aliphatic hydroxyl groups is 2. The van der Waals surface area contributed by atoms with Crippen molar-refractivity contribution >= 4 is 16.9 Å². The summed E-state index contributed by atoms with van der Waals surface area (Å²) in [7, 11) is 0. The topological polar surface area (TPSA) is 257 Å². The van der Waals surface area contributed by atoms with Crippen molar-refractivity contribution in [1.82, 2.24) is 0 Å². The standard InChI is InChI=1S/C27H22O15/c28-11-6-14(31)19-18(7-11)40-23(9-1-2-12(29)13(30)3-9)24(22(19)37)42-27-25(21(36)17(34)8-39-27)41-26(38)10-4-15(32)20(35)16(33)5-10/h1-7,17,21,25,27-36H,8H2/t17-,21-,25-,27+/m1/s1. The molecule has 15 nitrogen and oxygen atoms in total. The molecule has 1 aliphatic heterocycles. The lowest BCUT2D eigenvalue weighted by molar-refractivity contribution is -0.241. The monoisotopic (exact) mass is 586 g/mol. The number of aliphatic hydroxyl groups excluding tert-OH is 2. The van der Waals surface area contributed by atoms with Crippen molar-refractivity contribution < 1.29 is 69.4 Å². The number of phenols is 7. The minimum absolute atomic E-state index is 0.0397. The zero-order valence-electron chi connectivity index (χ0n) is 21.0. The van der Waals surface area contributed by atoms with Crippen molar-refractivity contribution in [3.63, 3.8) is 0 Å². The first-order valence-electron chi connectivity index (χ1n) is 12.0. The predicted octanol–water partition coefficient (Wildman–Crippen LogP) is 1.08. The Kier molecular flexibility index (Phi) is 7.07. The van der Waals surface area contributed by atoms with Crippen molar-refractivity contribution in [2.24, 2.45) is 0 Å². The minimum Gasteiger partial charge on any atom is -0.508 e. The fourth-order valence-electron chi connectivity index (χ4n) is 4.25. The average Bonchev–Trinajstić information content (AvgIpc) is 2.93. The second-order valence-electron chi connectivity index (χ2n) is 9.24. The van der Waals surface area contributed by atoms with Crippen LogP contribution in [-0.4, -0.2) is 83.1 Å². The highest BCUT2D eigenvalue weighted by Gasteiger charge is 2.44. The van der Waals surface area contributed by atoms with Crippen LogP contribution < -0.4 is 10.2 Å². The van der Waals surface area contributed by atoms with Gasteiger partial charge in [-0.05, 0) is 30.3 Å². The van der Waals surface area contributed by atoms with Crippen LogP contribution in [0.1, 0.15) is 10.4 Å². The van der Waals surface area contributed by atoms with Gasteiger partial charge in [-0.2, -0.15) is 0 Å². The lowest BCUT2D eigenvalue weighted by atomic mass is 10.0. The number of aromatic hydroxyl groups is 7. The van der Waals surface area contributed by atoms with E-state index in [1.54, 1.807) is 0 Å². The predicted molar refractivity (Wildman–Crippen MR) is 138 cm³/mol. The highest BCUT2D eigenvalue weighted by molar-refractivity contribution is 5.91. The van der Waals surface area contributed by atoms with E-state index in [-0.39, 0.29) is 11.1 Å². The summed E-state index contributed by atoms with van der Waals surface area (Å²) >= 11 is 0. The molecule has 0 bridgehead atoms. The van der Waals surface area contributed by atoms with Gasteiger partial charge in [0.25, 0.3) is 0 Å².